The van der Waals surface area contributed by atoms with Gasteiger partial charge in [-0.15, -0.1) is 0 Å². The van der Waals surface area contributed by atoms with E-state index in [4.69, 9.17) is 5.41 Å². The van der Waals surface area contributed by atoms with Crippen molar-refractivity contribution in [2.45, 2.75) is 31.4 Å². The molecule has 10 heteroatoms. The molecular weight excluding hydrogens is 468 g/mol. The number of nitrogens with zero attached hydrogens (tertiary/aromatic N) is 2. The third-order valence-corrected chi connectivity index (χ3v) is 6.01. The Morgan fingerprint density at radius 1 is 1.11 bits per heavy atom. The summed E-state index contributed by atoms with van der Waals surface area (Å²) in [6.45, 7) is 0.515. The molecule has 36 heavy (non-hydrogen) atoms. The molecule has 1 aliphatic heterocycles. The smallest absolute Gasteiger partial charge is 0.321 e. The van der Waals surface area contributed by atoms with Gasteiger partial charge in [0, 0.05) is 55.8 Å². The van der Waals surface area contributed by atoms with Crippen molar-refractivity contribution >= 4 is 35.1 Å². The van der Waals surface area contributed by atoms with Crippen LogP contribution in [0.3, 0.4) is 0 Å². The van der Waals surface area contributed by atoms with Gasteiger partial charge in [0.2, 0.25) is 11.5 Å². The minimum atomic E-state index is -3.58. The summed E-state index contributed by atoms with van der Waals surface area (Å²) >= 11 is 0. The zero-order valence-electron chi connectivity index (χ0n) is 19.7. The van der Waals surface area contributed by atoms with Gasteiger partial charge in [-0.25, -0.2) is 0 Å². The van der Waals surface area contributed by atoms with E-state index in [1.807, 2.05) is 0 Å². The minimum Gasteiger partial charge on any atom is -0.354 e. The van der Waals surface area contributed by atoms with Gasteiger partial charge in [-0.1, -0.05) is 30.3 Å². The number of aromatic nitrogens is 1. The van der Waals surface area contributed by atoms with E-state index in [9.17, 15) is 23.2 Å². The van der Waals surface area contributed by atoms with E-state index in [1.165, 1.54) is 15.5 Å². The molecule has 0 bridgehead atoms. The maximum atomic E-state index is 13.6. The highest BCUT2D eigenvalue weighted by Crippen LogP contribution is 2.39. The van der Waals surface area contributed by atoms with Crippen molar-refractivity contribution in [2.75, 3.05) is 10.2 Å². The van der Waals surface area contributed by atoms with Gasteiger partial charge in [-0.2, -0.15) is 8.78 Å². The van der Waals surface area contributed by atoms with Gasteiger partial charge in [0.15, 0.2) is 0 Å². The number of rotatable bonds is 7. The van der Waals surface area contributed by atoms with E-state index in [1.54, 1.807) is 67.8 Å². The van der Waals surface area contributed by atoms with Gasteiger partial charge in [0.1, 0.15) is 0 Å². The van der Waals surface area contributed by atoms with Gasteiger partial charge < -0.3 is 25.5 Å². The quantitative estimate of drug-likeness (QED) is 0.436. The Kier molecular flexibility index (Phi) is 6.69. The molecule has 2 atom stereocenters. The first-order valence-corrected chi connectivity index (χ1v) is 11.2. The van der Waals surface area contributed by atoms with Crippen molar-refractivity contribution < 1.29 is 18.4 Å². The molecule has 0 saturated carbocycles. The Hall–Kier alpha value is -4.34. The SMILES string of the molecule is Cn1cc(Nc2ccc(N3C(=O)C[C@@H](NC(=O)C(C)(F)F)[C@@H]3c3ccccc3)cc2C=N)ccc1=O. The zero-order valence-corrected chi connectivity index (χ0v) is 19.7. The highest BCUT2D eigenvalue weighted by atomic mass is 19.3. The van der Waals surface area contributed by atoms with Crippen LogP contribution in [-0.4, -0.2) is 34.6 Å². The normalized spacial score (nSPS) is 17.7. The molecule has 3 N–H and O–H groups in total. The summed E-state index contributed by atoms with van der Waals surface area (Å²) in [6.07, 6.45) is 2.60. The van der Waals surface area contributed by atoms with Crippen LogP contribution in [0.5, 0.6) is 0 Å². The molecule has 2 aromatic carbocycles. The van der Waals surface area contributed by atoms with Crippen LogP contribution < -0.4 is 21.1 Å². The Morgan fingerprint density at radius 3 is 2.47 bits per heavy atom. The number of benzene rings is 2. The van der Waals surface area contributed by atoms with Crippen LogP contribution in [0.25, 0.3) is 0 Å². The van der Waals surface area contributed by atoms with Crippen LogP contribution in [0.2, 0.25) is 0 Å². The second-order valence-corrected chi connectivity index (χ2v) is 8.70. The Labute approximate surface area is 206 Å². The third-order valence-electron chi connectivity index (χ3n) is 6.01. The second-order valence-electron chi connectivity index (χ2n) is 8.70. The predicted octanol–water partition coefficient (Wildman–Crippen LogP) is 3.74. The monoisotopic (exact) mass is 493 g/mol. The average Bonchev–Trinajstić information content (AvgIpc) is 3.17. The van der Waals surface area contributed by atoms with Gasteiger partial charge in [-0.3, -0.25) is 14.4 Å². The van der Waals surface area contributed by atoms with Crippen LogP contribution in [0.1, 0.15) is 30.5 Å². The third kappa shape index (κ3) is 5.02. The highest BCUT2D eigenvalue weighted by Gasteiger charge is 2.45. The van der Waals surface area contributed by atoms with Crippen molar-refractivity contribution in [3.8, 4) is 0 Å². The van der Waals surface area contributed by atoms with Gasteiger partial charge in [0.25, 0.3) is 5.91 Å². The number of carbonyl (C=O) groups is 2. The lowest BCUT2D eigenvalue weighted by atomic mass is 9.99. The summed E-state index contributed by atoms with van der Waals surface area (Å²) in [7, 11) is 1.63. The summed E-state index contributed by atoms with van der Waals surface area (Å²) in [5, 5.41) is 13.4. The first-order chi connectivity index (χ1) is 17.1. The predicted molar refractivity (Wildman–Crippen MR) is 133 cm³/mol. The molecule has 1 saturated heterocycles. The summed E-state index contributed by atoms with van der Waals surface area (Å²) in [6, 6.07) is 15.4. The number of anilines is 3. The lowest BCUT2D eigenvalue weighted by molar-refractivity contribution is -0.143. The van der Waals surface area contributed by atoms with Gasteiger partial charge in [-0.05, 0) is 29.8 Å². The van der Waals surface area contributed by atoms with E-state index in [2.05, 4.69) is 10.6 Å². The molecular formula is C26H25F2N5O3. The highest BCUT2D eigenvalue weighted by molar-refractivity contribution is 6.00. The van der Waals surface area contributed by atoms with Crippen molar-refractivity contribution in [2.24, 2.45) is 7.05 Å². The topological polar surface area (TPSA) is 107 Å². The van der Waals surface area contributed by atoms with Crippen molar-refractivity contribution in [3.05, 3.63) is 88.3 Å². The fourth-order valence-electron chi connectivity index (χ4n) is 4.25. The maximum Gasteiger partial charge on any atom is 0.321 e. The largest absolute Gasteiger partial charge is 0.354 e. The Bertz CT molecular complexity index is 1370. The molecule has 0 radical (unpaired) electrons. The summed E-state index contributed by atoms with van der Waals surface area (Å²) in [5.41, 5.74) is 2.65. The van der Waals surface area contributed by atoms with Crippen LogP contribution in [0.15, 0.2) is 71.7 Å². The van der Waals surface area contributed by atoms with E-state index in [-0.39, 0.29) is 17.9 Å². The number of amides is 2. The van der Waals surface area contributed by atoms with Crippen LogP contribution in [-0.2, 0) is 16.6 Å². The number of hydrogen-bond donors (Lipinski definition) is 3. The molecule has 0 unspecified atom stereocenters. The van der Waals surface area contributed by atoms with E-state index >= 15 is 0 Å². The van der Waals surface area contributed by atoms with E-state index in [0.717, 1.165) is 6.21 Å². The fraction of sp³-hybridized carbons (Fsp3) is 0.231. The van der Waals surface area contributed by atoms with Crippen molar-refractivity contribution in [1.82, 2.24) is 9.88 Å². The zero-order chi connectivity index (χ0) is 26.0. The molecule has 1 aliphatic rings. The van der Waals surface area contributed by atoms with E-state index < -0.39 is 23.9 Å². The summed E-state index contributed by atoms with van der Waals surface area (Å²) < 4.78 is 28.7. The van der Waals surface area contributed by atoms with Crippen LogP contribution in [0, 0.1) is 5.41 Å². The van der Waals surface area contributed by atoms with Gasteiger partial charge in [0.05, 0.1) is 17.8 Å². The molecule has 3 aromatic rings. The number of halogens is 2. The second kappa shape index (κ2) is 9.73. The molecule has 0 aliphatic carbocycles. The minimum absolute atomic E-state index is 0.153. The maximum absolute atomic E-state index is 13.6. The molecule has 1 aromatic heterocycles. The Morgan fingerprint density at radius 2 is 1.83 bits per heavy atom. The molecule has 4 rings (SSSR count). The number of alkyl halides is 2. The standard InChI is InChI=1S/C26H25F2N5O3/c1-26(27,28)25(36)31-21-13-23(35)33(24(21)16-6-4-3-5-7-16)19-9-10-20(17(12-19)14-29)30-18-8-11-22(34)32(2)15-18/h3-12,14-15,21,24,29-30H,13H2,1-2H3,(H,31,36)/t21-,24+/m1/s1. The molecule has 2 heterocycles. The van der Waals surface area contributed by atoms with Gasteiger partial charge >= 0.3 is 5.92 Å². The lowest BCUT2D eigenvalue weighted by Crippen LogP contribution is -2.46. The Balaban J connectivity index is 1.70. The fourth-order valence-corrected chi connectivity index (χ4v) is 4.25. The number of pyridine rings is 1. The number of carbonyl (C=O) groups excluding carboxylic acids is 2. The number of hydrogen-bond acceptors (Lipinski definition) is 5. The first kappa shape index (κ1) is 24.8. The van der Waals surface area contributed by atoms with Crippen molar-refractivity contribution in [1.29, 1.82) is 5.41 Å². The lowest BCUT2D eigenvalue weighted by Gasteiger charge is -2.30. The molecule has 1 fully saturated rings. The number of nitrogens with one attached hydrogen (secondary N) is 3. The first-order valence-electron chi connectivity index (χ1n) is 11.2. The van der Waals surface area contributed by atoms with Crippen LogP contribution >= 0.6 is 0 Å². The van der Waals surface area contributed by atoms with E-state index in [0.29, 0.717) is 35.1 Å². The molecule has 0 spiro atoms. The summed E-state index contributed by atoms with van der Waals surface area (Å²) in [5.74, 6) is -5.37. The van der Waals surface area contributed by atoms with Crippen LogP contribution in [0.4, 0.5) is 25.8 Å². The molecule has 8 nitrogen and oxygen atoms in total. The van der Waals surface area contributed by atoms with Crippen molar-refractivity contribution in [3.63, 3.8) is 0 Å². The molecule has 2 amide bonds. The summed E-state index contributed by atoms with van der Waals surface area (Å²) in [4.78, 5) is 38.3. The average molecular weight is 494 g/mol. The molecule has 186 valence electrons. The number of aryl methyl sites for hydroxylation is 1.